The summed E-state index contributed by atoms with van der Waals surface area (Å²) >= 11 is 3.27. The Kier molecular flexibility index (Phi) is 4.01. The van der Waals surface area contributed by atoms with Gasteiger partial charge in [-0.2, -0.15) is 0 Å². The molecule has 0 saturated carbocycles. The fourth-order valence-electron chi connectivity index (χ4n) is 1.43. The van der Waals surface area contributed by atoms with E-state index in [9.17, 15) is 4.39 Å². The first kappa shape index (κ1) is 13.4. The van der Waals surface area contributed by atoms with Crippen LogP contribution in [0.5, 0.6) is 11.5 Å². The number of oxime groups is 1. The third-order valence-electron chi connectivity index (χ3n) is 2.38. The lowest BCUT2D eigenvalue weighted by Gasteiger charge is -2.08. The zero-order valence-corrected chi connectivity index (χ0v) is 11.3. The van der Waals surface area contributed by atoms with Crippen molar-refractivity contribution in [3.05, 3.63) is 58.3 Å². The third-order valence-corrected chi connectivity index (χ3v) is 3.03. The summed E-state index contributed by atoms with van der Waals surface area (Å²) in [5.74, 6) is 0.516. The average molecular weight is 325 g/mol. The Balaban J connectivity index is 2.22. The Morgan fingerprint density at radius 1 is 1.21 bits per heavy atom. The Morgan fingerprint density at radius 2 is 1.89 bits per heavy atom. The maximum atomic E-state index is 13.1. The van der Waals surface area contributed by atoms with Crippen molar-refractivity contribution in [2.24, 2.45) is 10.9 Å². The van der Waals surface area contributed by atoms with Crippen molar-refractivity contribution in [1.82, 2.24) is 0 Å². The monoisotopic (exact) mass is 324 g/mol. The first-order valence-electron chi connectivity index (χ1n) is 5.31. The quantitative estimate of drug-likeness (QED) is 0.393. The van der Waals surface area contributed by atoms with Gasteiger partial charge in [0, 0.05) is 11.6 Å². The van der Waals surface area contributed by atoms with E-state index in [1.165, 1.54) is 12.1 Å². The highest BCUT2D eigenvalue weighted by molar-refractivity contribution is 9.10. The number of nitrogens with zero attached hydrogens (tertiary/aromatic N) is 1. The van der Waals surface area contributed by atoms with E-state index in [1.807, 2.05) is 0 Å². The van der Waals surface area contributed by atoms with Gasteiger partial charge < -0.3 is 15.7 Å². The van der Waals surface area contributed by atoms with E-state index >= 15 is 0 Å². The van der Waals surface area contributed by atoms with Gasteiger partial charge in [0.1, 0.15) is 17.3 Å². The zero-order chi connectivity index (χ0) is 13.8. The summed E-state index contributed by atoms with van der Waals surface area (Å²) in [5, 5.41) is 11.4. The van der Waals surface area contributed by atoms with Crippen molar-refractivity contribution in [2.75, 3.05) is 0 Å². The van der Waals surface area contributed by atoms with Crippen molar-refractivity contribution in [1.29, 1.82) is 0 Å². The average Bonchev–Trinajstić information content (AvgIpc) is 2.43. The van der Waals surface area contributed by atoms with Crippen molar-refractivity contribution < 1.29 is 14.3 Å². The summed E-state index contributed by atoms with van der Waals surface area (Å²) in [7, 11) is 0. The Labute approximate surface area is 117 Å². The van der Waals surface area contributed by atoms with Gasteiger partial charge in [0.05, 0.1) is 4.47 Å². The molecular formula is C13H10BrFN2O2. The summed E-state index contributed by atoms with van der Waals surface area (Å²) < 4.78 is 19.3. The van der Waals surface area contributed by atoms with E-state index < -0.39 is 0 Å². The van der Waals surface area contributed by atoms with Crippen LogP contribution < -0.4 is 10.5 Å². The van der Waals surface area contributed by atoms with Crippen LogP contribution in [0.4, 0.5) is 4.39 Å². The van der Waals surface area contributed by atoms with E-state index in [-0.39, 0.29) is 11.7 Å². The molecule has 0 fully saturated rings. The summed E-state index contributed by atoms with van der Waals surface area (Å²) in [6.45, 7) is 0. The maximum Gasteiger partial charge on any atom is 0.170 e. The van der Waals surface area contributed by atoms with Crippen molar-refractivity contribution in [3.63, 3.8) is 0 Å². The minimum Gasteiger partial charge on any atom is -0.456 e. The first-order chi connectivity index (χ1) is 9.10. The molecule has 3 N–H and O–H groups in total. The van der Waals surface area contributed by atoms with Gasteiger partial charge in [0.25, 0.3) is 0 Å². The number of ether oxygens (including phenoxy) is 1. The highest BCUT2D eigenvalue weighted by Crippen LogP contribution is 2.30. The summed E-state index contributed by atoms with van der Waals surface area (Å²) in [6, 6.07) is 10.7. The Hall–Kier alpha value is -2.08. The number of hydrogen-bond donors (Lipinski definition) is 2. The molecule has 98 valence electrons. The van der Waals surface area contributed by atoms with Gasteiger partial charge >= 0.3 is 0 Å². The van der Waals surface area contributed by atoms with E-state index in [0.717, 1.165) is 0 Å². The number of benzene rings is 2. The van der Waals surface area contributed by atoms with Gasteiger partial charge in [0.2, 0.25) is 0 Å². The zero-order valence-electron chi connectivity index (χ0n) is 9.68. The summed E-state index contributed by atoms with van der Waals surface area (Å²) in [5.41, 5.74) is 6.01. The molecule has 6 heteroatoms. The van der Waals surface area contributed by atoms with Gasteiger partial charge in [-0.05, 0) is 52.3 Å². The number of rotatable bonds is 3. The lowest BCUT2D eigenvalue weighted by molar-refractivity contribution is 0.318. The SMILES string of the molecule is N/C(=N/O)c1ccc(Oc2cc(F)ccc2Br)cc1. The molecule has 0 saturated heterocycles. The fourth-order valence-corrected chi connectivity index (χ4v) is 1.76. The lowest BCUT2D eigenvalue weighted by Crippen LogP contribution is -2.12. The van der Waals surface area contributed by atoms with Gasteiger partial charge in [-0.15, -0.1) is 0 Å². The standard InChI is InChI=1S/C13H10BrFN2O2/c14-11-6-3-9(15)7-12(11)19-10-4-1-8(2-5-10)13(16)17-18/h1-7,18H,(H2,16,17). The van der Waals surface area contributed by atoms with E-state index in [4.69, 9.17) is 15.7 Å². The number of amidine groups is 1. The van der Waals surface area contributed by atoms with Crippen molar-refractivity contribution in [3.8, 4) is 11.5 Å². The van der Waals surface area contributed by atoms with Crippen LogP contribution in [0.3, 0.4) is 0 Å². The molecule has 0 aliphatic carbocycles. The molecule has 0 aliphatic heterocycles. The number of halogens is 2. The van der Waals surface area contributed by atoms with Gasteiger partial charge in [-0.3, -0.25) is 0 Å². The highest BCUT2D eigenvalue weighted by Gasteiger charge is 2.05. The van der Waals surface area contributed by atoms with E-state index in [0.29, 0.717) is 21.5 Å². The summed E-state index contributed by atoms with van der Waals surface area (Å²) in [4.78, 5) is 0. The maximum absolute atomic E-state index is 13.1. The van der Waals surface area contributed by atoms with Crippen LogP contribution in [0.15, 0.2) is 52.1 Å². The second-order valence-electron chi connectivity index (χ2n) is 3.69. The second kappa shape index (κ2) is 5.71. The Morgan fingerprint density at radius 3 is 2.53 bits per heavy atom. The van der Waals surface area contributed by atoms with Gasteiger partial charge in [0.15, 0.2) is 5.84 Å². The Bertz CT molecular complexity index is 615. The highest BCUT2D eigenvalue weighted by atomic mass is 79.9. The predicted octanol–water partition coefficient (Wildman–Crippen LogP) is 3.48. The van der Waals surface area contributed by atoms with E-state index in [1.54, 1.807) is 30.3 Å². The smallest absolute Gasteiger partial charge is 0.170 e. The molecule has 0 aliphatic rings. The minimum absolute atomic E-state index is 0.0125. The summed E-state index contributed by atoms with van der Waals surface area (Å²) in [6.07, 6.45) is 0. The first-order valence-corrected chi connectivity index (χ1v) is 6.10. The molecule has 4 nitrogen and oxygen atoms in total. The minimum atomic E-state index is -0.383. The molecule has 0 bridgehead atoms. The van der Waals surface area contributed by atoms with Crippen LogP contribution in [0.2, 0.25) is 0 Å². The second-order valence-corrected chi connectivity index (χ2v) is 4.54. The molecule has 0 radical (unpaired) electrons. The predicted molar refractivity (Wildman–Crippen MR) is 73.1 cm³/mol. The van der Waals surface area contributed by atoms with E-state index in [2.05, 4.69) is 21.1 Å². The van der Waals surface area contributed by atoms with Crippen LogP contribution in [-0.4, -0.2) is 11.0 Å². The van der Waals surface area contributed by atoms with Crippen molar-refractivity contribution in [2.45, 2.75) is 0 Å². The topological polar surface area (TPSA) is 67.8 Å². The van der Waals surface area contributed by atoms with Crippen LogP contribution in [0.1, 0.15) is 5.56 Å². The lowest BCUT2D eigenvalue weighted by atomic mass is 10.2. The molecule has 0 heterocycles. The molecule has 2 aromatic rings. The van der Waals surface area contributed by atoms with Crippen LogP contribution >= 0.6 is 15.9 Å². The molecular weight excluding hydrogens is 315 g/mol. The molecule has 0 aromatic heterocycles. The molecule has 0 spiro atoms. The third kappa shape index (κ3) is 3.23. The van der Waals surface area contributed by atoms with Crippen LogP contribution in [-0.2, 0) is 0 Å². The van der Waals surface area contributed by atoms with Crippen LogP contribution in [0, 0.1) is 5.82 Å². The number of hydrogen-bond acceptors (Lipinski definition) is 3. The molecule has 0 unspecified atom stereocenters. The molecule has 2 aromatic carbocycles. The van der Waals surface area contributed by atoms with Crippen molar-refractivity contribution >= 4 is 21.8 Å². The molecule has 19 heavy (non-hydrogen) atoms. The number of nitrogens with two attached hydrogens (primary N) is 1. The molecule has 2 rings (SSSR count). The molecule has 0 amide bonds. The largest absolute Gasteiger partial charge is 0.456 e. The molecule has 0 atom stereocenters. The van der Waals surface area contributed by atoms with Gasteiger partial charge in [-0.1, -0.05) is 5.16 Å². The normalized spacial score (nSPS) is 11.4. The van der Waals surface area contributed by atoms with Crippen LogP contribution in [0.25, 0.3) is 0 Å². The fraction of sp³-hybridized carbons (Fsp3) is 0. The van der Waals surface area contributed by atoms with Gasteiger partial charge in [-0.25, -0.2) is 4.39 Å².